The summed E-state index contributed by atoms with van der Waals surface area (Å²) in [5.41, 5.74) is 1.27. The average molecular weight is 346 g/mol. The van der Waals surface area contributed by atoms with E-state index in [9.17, 15) is 9.59 Å². The first-order valence-corrected chi connectivity index (χ1v) is 8.23. The van der Waals surface area contributed by atoms with E-state index in [1.54, 1.807) is 35.9 Å². The molecule has 24 heavy (non-hydrogen) atoms. The van der Waals surface area contributed by atoms with Gasteiger partial charge >= 0.3 is 6.03 Å². The number of nitrogens with zero attached hydrogens (tertiary/aromatic N) is 5. The molecule has 3 amide bonds. The number of hydrogen-bond donors (Lipinski definition) is 0. The van der Waals surface area contributed by atoms with Gasteiger partial charge in [0, 0.05) is 10.7 Å². The summed E-state index contributed by atoms with van der Waals surface area (Å²) in [6.07, 6.45) is 4.02. The van der Waals surface area contributed by atoms with Crippen molar-refractivity contribution in [2.75, 3.05) is 4.90 Å². The van der Waals surface area contributed by atoms with Gasteiger partial charge in [0.25, 0.3) is 5.91 Å². The summed E-state index contributed by atoms with van der Waals surface area (Å²) in [6, 6.07) is 6.37. The number of carbonyl (C=O) groups is 2. The lowest BCUT2D eigenvalue weighted by atomic mass is 10.2. The molecule has 124 valence electrons. The predicted octanol–water partition coefficient (Wildman–Crippen LogP) is 2.62. The van der Waals surface area contributed by atoms with Gasteiger partial charge < -0.3 is 0 Å². The number of amides is 3. The number of anilines is 1. The molecule has 8 heteroatoms. The van der Waals surface area contributed by atoms with Crippen molar-refractivity contribution >= 4 is 29.2 Å². The highest BCUT2D eigenvalue weighted by Gasteiger charge is 2.43. The molecule has 2 aromatic rings. The molecule has 1 aliphatic carbocycles. The van der Waals surface area contributed by atoms with Gasteiger partial charge in [0.2, 0.25) is 0 Å². The molecular weight excluding hydrogens is 330 g/mol. The Kier molecular flexibility index (Phi) is 3.53. The Morgan fingerprint density at radius 3 is 2.58 bits per heavy atom. The highest BCUT2D eigenvalue weighted by molar-refractivity contribution is 6.30. The highest BCUT2D eigenvalue weighted by Crippen LogP contribution is 2.34. The average Bonchev–Trinajstić information content (AvgIpc) is 3.28. The third kappa shape index (κ3) is 2.54. The summed E-state index contributed by atoms with van der Waals surface area (Å²) in [6.45, 7) is 1.86. The maximum absolute atomic E-state index is 12.7. The number of halogens is 1. The molecule has 1 saturated heterocycles. The number of aromatic nitrogens is 3. The van der Waals surface area contributed by atoms with Crippen LogP contribution in [0.25, 0.3) is 0 Å². The molecule has 1 unspecified atom stereocenters. The second-order valence-corrected chi connectivity index (χ2v) is 6.59. The number of carbonyl (C=O) groups excluding carboxylic acids is 2. The van der Waals surface area contributed by atoms with Crippen molar-refractivity contribution in [3.05, 3.63) is 41.2 Å². The van der Waals surface area contributed by atoms with E-state index in [4.69, 9.17) is 11.6 Å². The molecule has 1 saturated carbocycles. The van der Waals surface area contributed by atoms with Crippen molar-refractivity contribution in [1.82, 2.24) is 19.9 Å². The fourth-order valence-electron chi connectivity index (χ4n) is 2.87. The topological polar surface area (TPSA) is 71.3 Å². The van der Waals surface area contributed by atoms with E-state index in [0.717, 1.165) is 12.8 Å². The van der Waals surface area contributed by atoms with Crippen molar-refractivity contribution < 1.29 is 9.59 Å². The lowest BCUT2D eigenvalue weighted by Gasteiger charge is -2.19. The monoisotopic (exact) mass is 345 g/mol. The third-order valence-electron chi connectivity index (χ3n) is 4.35. The van der Waals surface area contributed by atoms with E-state index in [0.29, 0.717) is 22.4 Å². The second-order valence-electron chi connectivity index (χ2n) is 6.15. The SMILES string of the molecule is CC1C(=O)N(Cc2cn(C3CC3)nn2)C(=O)N1c1ccc(Cl)cc1. The van der Waals surface area contributed by atoms with Crippen LogP contribution >= 0.6 is 11.6 Å². The minimum Gasteiger partial charge on any atom is -0.282 e. The van der Waals surface area contributed by atoms with Crippen molar-refractivity contribution in [1.29, 1.82) is 0 Å². The van der Waals surface area contributed by atoms with Gasteiger partial charge in [-0.2, -0.15) is 0 Å². The van der Waals surface area contributed by atoms with Crippen LogP contribution in [-0.2, 0) is 11.3 Å². The summed E-state index contributed by atoms with van der Waals surface area (Å²) in [5, 5.41) is 8.72. The number of urea groups is 1. The highest BCUT2D eigenvalue weighted by atomic mass is 35.5. The summed E-state index contributed by atoms with van der Waals surface area (Å²) in [7, 11) is 0. The molecule has 2 aliphatic rings. The van der Waals surface area contributed by atoms with E-state index in [1.807, 2.05) is 6.20 Å². The summed E-state index contributed by atoms with van der Waals surface area (Å²) in [5.74, 6) is -0.240. The molecule has 1 aliphatic heterocycles. The predicted molar refractivity (Wildman–Crippen MR) is 87.6 cm³/mol. The zero-order chi connectivity index (χ0) is 16.8. The van der Waals surface area contributed by atoms with E-state index >= 15 is 0 Å². The lowest BCUT2D eigenvalue weighted by molar-refractivity contribution is -0.127. The van der Waals surface area contributed by atoms with E-state index in [2.05, 4.69) is 10.3 Å². The van der Waals surface area contributed by atoms with E-state index in [1.165, 1.54) is 9.80 Å². The van der Waals surface area contributed by atoms with Crippen LogP contribution in [0.3, 0.4) is 0 Å². The molecule has 1 aromatic heterocycles. The summed E-state index contributed by atoms with van der Waals surface area (Å²) in [4.78, 5) is 27.9. The zero-order valence-corrected chi connectivity index (χ0v) is 13.8. The Morgan fingerprint density at radius 2 is 1.92 bits per heavy atom. The number of rotatable bonds is 4. The first-order valence-electron chi connectivity index (χ1n) is 7.85. The number of hydrogen-bond acceptors (Lipinski definition) is 4. The van der Waals surface area contributed by atoms with Crippen LogP contribution in [-0.4, -0.2) is 37.9 Å². The van der Waals surface area contributed by atoms with Gasteiger partial charge in [-0.05, 0) is 44.0 Å². The van der Waals surface area contributed by atoms with Crippen molar-refractivity contribution in [3.8, 4) is 0 Å². The van der Waals surface area contributed by atoms with Gasteiger partial charge in [0.15, 0.2) is 0 Å². The van der Waals surface area contributed by atoms with Crippen molar-refractivity contribution in [3.63, 3.8) is 0 Å². The molecule has 0 spiro atoms. The molecule has 0 N–H and O–H groups in total. The van der Waals surface area contributed by atoms with Crippen LogP contribution in [0.4, 0.5) is 10.5 Å². The maximum Gasteiger partial charge on any atom is 0.332 e. The third-order valence-corrected chi connectivity index (χ3v) is 4.60. The summed E-state index contributed by atoms with van der Waals surface area (Å²) >= 11 is 5.89. The van der Waals surface area contributed by atoms with E-state index < -0.39 is 6.04 Å². The molecule has 1 aromatic carbocycles. The van der Waals surface area contributed by atoms with Gasteiger partial charge in [-0.1, -0.05) is 16.8 Å². The zero-order valence-electron chi connectivity index (χ0n) is 13.1. The standard InChI is InChI=1S/C16H16ClN5O2/c1-10-15(23)20(8-12-9-21(19-18-12)13-6-7-13)16(24)22(10)14-4-2-11(17)3-5-14/h2-5,9-10,13H,6-8H2,1H3. The van der Waals surface area contributed by atoms with Crippen LogP contribution in [0.1, 0.15) is 31.5 Å². The molecule has 1 atom stereocenters. The maximum atomic E-state index is 12.7. The molecule has 0 bridgehead atoms. The molecule has 7 nitrogen and oxygen atoms in total. The largest absolute Gasteiger partial charge is 0.332 e. The molecule has 0 radical (unpaired) electrons. The Bertz CT molecular complexity index is 799. The molecule has 2 fully saturated rings. The molecule has 2 heterocycles. The van der Waals surface area contributed by atoms with Crippen LogP contribution in [0.2, 0.25) is 5.02 Å². The normalized spacial score (nSPS) is 21.0. The van der Waals surface area contributed by atoms with E-state index in [-0.39, 0.29) is 18.5 Å². The van der Waals surface area contributed by atoms with Gasteiger partial charge in [-0.25, -0.2) is 9.48 Å². The first kappa shape index (κ1) is 15.1. The van der Waals surface area contributed by atoms with Crippen molar-refractivity contribution in [2.45, 2.75) is 38.4 Å². The fourth-order valence-corrected chi connectivity index (χ4v) is 3.00. The Labute approximate surface area is 143 Å². The van der Waals surface area contributed by atoms with Gasteiger partial charge in [0.1, 0.15) is 11.7 Å². The first-order chi connectivity index (χ1) is 11.5. The van der Waals surface area contributed by atoms with Gasteiger partial charge in [0.05, 0.1) is 18.8 Å². The van der Waals surface area contributed by atoms with Crippen LogP contribution in [0, 0.1) is 0 Å². The Morgan fingerprint density at radius 1 is 1.21 bits per heavy atom. The fraction of sp³-hybridized carbons (Fsp3) is 0.375. The molecule has 4 rings (SSSR count). The quantitative estimate of drug-likeness (QED) is 0.799. The van der Waals surface area contributed by atoms with Crippen LogP contribution in [0.5, 0.6) is 0 Å². The van der Waals surface area contributed by atoms with Gasteiger partial charge in [-0.15, -0.1) is 5.10 Å². The minimum atomic E-state index is -0.558. The second kappa shape index (κ2) is 5.59. The van der Waals surface area contributed by atoms with Crippen LogP contribution < -0.4 is 4.90 Å². The minimum absolute atomic E-state index is 0.138. The number of benzene rings is 1. The lowest BCUT2D eigenvalue weighted by Crippen LogP contribution is -2.33. The van der Waals surface area contributed by atoms with Crippen molar-refractivity contribution in [2.24, 2.45) is 0 Å². The Balaban J connectivity index is 1.56. The molecular formula is C16H16ClN5O2. The van der Waals surface area contributed by atoms with Crippen LogP contribution in [0.15, 0.2) is 30.5 Å². The summed E-state index contributed by atoms with van der Waals surface area (Å²) < 4.78 is 1.81. The number of imide groups is 1. The Hall–Kier alpha value is -2.41. The van der Waals surface area contributed by atoms with Gasteiger partial charge in [-0.3, -0.25) is 14.6 Å². The smallest absolute Gasteiger partial charge is 0.282 e.